The molecule has 3 aliphatic rings. The van der Waals surface area contributed by atoms with Crippen molar-refractivity contribution in [3.63, 3.8) is 0 Å². The fraction of sp³-hybridized carbons (Fsp3) is 0.536. The lowest BCUT2D eigenvalue weighted by atomic mass is 9.93. The van der Waals surface area contributed by atoms with Crippen molar-refractivity contribution in [1.82, 2.24) is 0 Å². The van der Waals surface area contributed by atoms with Crippen LogP contribution in [0.1, 0.15) is 48.9 Å². The molecule has 206 valence electrons. The molecule has 10 heteroatoms. The zero-order valence-corrected chi connectivity index (χ0v) is 22.4. The molecule has 0 bridgehead atoms. The Hall–Kier alpha value is -2.72. The summed E-state index contributed by atoms with van der Waals surface area (Å²) in [5.74, 6) is 0.715. The van der Waals surface area contributed by atoms with Crippen molar-refractivity contribution in [2.75, 3.05) is 65.2 Å². The number of ether oxygens (including phenoxy) is 1. The van der Waals surface area contributed by atoms with E-state index in [2.05, 4.69) is 14.9 Å². The molecular formula is C28H36F2N4O3S. The summed E-state index contributed by atoms with van der Waals surface area (Å²) in [5, 5.41) is 12.1. The van der Waals surface area contributed by atoms with Crippen LogP contribution in [0, 0.1) is 5.41 Å². The molecule has 2 aromatic carbocycles. The highest BCUT2D eigenvalue weighted by molar-refractivity contribution is 8.00. The Morgan fingerprint density at radius 3 is 2.37 bits per heavy atom. The first kappa shape index (κ1) is 26.9. The van der Waals surface area contributed by atoms with Crippen LogP contribution in [0.3, 0.4) is 0 Å². The fourth-order valence-corrected chi connectivity index (χ4v) is 5.92. The molecule has 3 fully saturated rings. The van der Waals surface area contributed by atoms with Crippen LogP contribution in [0.5, 0.6) is 5.75 Å². The minimum absolute atomic E-state index is 0.0855. The van der Waals surface area contributed by atoms with Crippen LogP contribution in [-0.2, 0) is 0 Å². The fourth-order valence-electron chi connectivity index (χ4n) is 5.44. The summed E-state index contributed by atoms with van der Waals surface area (Å²) < 4.78 is 35.2. The first-order chi connectivity index (χ1) is 18.5. The van der Waals surface area contributed by atoms with Crippen molar-refractivity contribution >= 4 is 40.6 Å². The second kappa shape index (κ2) is 12.0. The molecule has 1 saturated carbocycles. The number of piperidine rings is 2. The quantitative estimate of drug-likeness (QED) is 0.264. The minimum atomic E-state index is -0.963. The van der Waals surface area contributed by atoms with Crippen molar-refractivity contribution < 1.29 is 23.4 Å². The lowest BCUT2D eigenvalue weighted by Crippen LogP contribution is -2.35. The second-order valence-electron chi connectivity index (χ2n) is 10.4. The number of hydrogen-bond acceptors (Lipinski definition) is 7. The van der Waals surface area contributed by atoms with E-state index in [0.717, 1.165) is 37.3 Å². The number of anilines is 4. The number of aliphatic hydroxyl groups is 1. The number of nitrogens with one attached hydrogen (secondary N) is 2. The summed E-state index contributed by atoms with van der Waals surface area (Å²) in [5.41, 5.74) is 4.09. The molecule has 1 spiro atoms. The van der Waals surface area contributed by atoms with Crippen molar-refractivity contribution in [1.29, 1.82) is 0 Å². The number of carbonyl (C=O) groups is 1. The van der Waals surface area contributed by atoms with E-state index in [1.54, 1.807) is 18.2 Å². The number of halogens is 2. The van der Waals surface area contributed by atoms with Gasteiger partial charge in [0.2, 0.25) is 6.86 Å². The van der Waals surface area contributed by atoms with E-state index in [-0.39, 0.29) is 12.5 Å². The average molecular weight is 547 g/mol. The van der Waals surface area contributed by atoms with Gasteiger partial charge in [-0.25, -0.2) is 8.78 Å². The van der Waals surface area contributed by atoms with Crippen LogP contribution in [-0.4, -0.2) is 62.6 Å². The predicted octanol–water partition coefficient (Wildman–Crippen LogP) is 5.62. The Morgan fingerprint density at radius 1 is 1.00 bits per heavy atom. The summed E-state index contributed by atoms with van der Waals surface area (Å²) in [6.07, 6.45) is 4.87. The molecule has 3 N–H and O–H groups in total. The summed E-state index contributed by atoms with van der Waals surface area (Å²) in [6, 6.07) is 10.8. The van der Waals surface area contributed by atoms with Gasteiger partial charge in [-0.2, -0.15) is 0 Å². The van der Waals surface area contributed by atoms with Crippen molar-refractivity contribution in [2.45, 2.75) is 44.7 Å². The monoisotopic (exact) mass is 546 g/mol. The van der Waals surface area contributed by atoms with Gasteiger partial charge in [-0.1, -0.05) is 11.9 Å². The molecule has 7 nitrogen and oxygen atoms in total. The summed E-state index contributed by atoms with van der Waals surface area (Å²) in [7, 11) is 0. The number of aliphatic hydroxyl groups excluding tert-OH is 1. The average Bonchev–Trinajstić information content (AvgIpc) is 3.69. The van der Waals surface area contributed by atoms with Gasteiger partial charge < -0.3 is 29.7 Å². The Labute approximate surface area is 227 Å². The molecule has 0 unspecified atom stereocenters. The Bertz CT molecular complexity index is 1120. The molecule has 0 aromatic heterocycles. The van der Waals surface area contributed by atoms with Crippen LogP contribution < -0.4 is 24.6 Å². The van der Waals surface area contributed by atoms with E-state index in [4.69, 9.17) is 9.84 Å². The highest BCUT2D eigenvalue weighted by Crippen LogP contribution is 2.54. The molecule has 2 aromatic rings. The van der Waals surface area contributed by atoms with Crippen LogP contribution in [0.15, 0.2) is 36.4 Å². The Morgan fingerprint density at radius 2 is 1.68 bits per heavy atom. The summed E-state index contributed by atoms with van der Waals surface area (Å²) >= 11 is 1.42. The number of nitrogens with zero attached hydrogens (tertiary/aromatic N) is 2. The van der Waals surface area contributed by atoms with Crippen molar-refractivity contribution in [3.05, 3.63) is 42.0 Å². The normalized spacial score (nSPS) is 18.9. The molecule has 0 radical (unpaired) electrons. The molecule has 2 aliphatic heterocycles. The highest BCUT2D eigenvalue weighted by atomic mass is 32.2. The minimum Gasteiger partial charge on any atom is -0.461 e. The van der Waals surface area contributed by atoms with Gasteiger partial charge in [-0.15, -0.1) is 0 Å². The van der Waals surface area contributed by atoms with Crippen LogP contribution >= 0.6 is 11.9 Å². The van der Waals surface area contributed by atoms with E-state index in [1.807, 2.05) is 23.1 Å². The number of alkyl halides is 2. The van der Waals surface area contributed by atoms with Crippen LogP contribution in [0.2, 0.25) is 0 Å². The van der Waals surface area contributed by atoms with Crippen molar-refractivity contribution in [2.24, 2.45) is 5.41 Å². The predicted molar refractivity (Wildman–Crippen MR) is 150 cm³/mol. The van der Waals surface area contributed by atoms with Gasteiger partial charge in [-0.05, 0) is 80.3 Å². The first-order valence-electron chi connectivity index (χ1n) is 13.4. The zero-order valence-electron chi connectivity index (χ0n) is 21.6. The maximum absolute atomic E-state index is 13.7. The standard InChI is InChI=1S/C28H36F2N4O3S/c29-19-37-26-4-2-21(17-25(26)33-11-5-20(30)6-12-33)31-27(36)23-3-1-22(32-38-16-15-35)18-24(23)34-13-9-28(7-8-28)10-14-34/h1-4,17-18,20,32,35H,5-16,19H2,(H,31,36). The van der Waals surface area contributed by atoms with E-state index in [0.29, 0.717) is 59.8 Å². The molecule has 38 heavy (non-hydrogen) atoms. The Balaban J connectivity index is 1.37. The number of benzene rings is 2. The van der Waals surface area contributed by atoms with Crippen LogP contribution in [0.25, 0.3) is 0 Å². The Kier molecular flexibility index (Phi) is 8.48. The maximum Gasteiger partial charge on any atom is 0.257 e. The summed E-state index contributed by atoms with van der Waals surface area (Å²) in [4.78, 5) is 17.9. The van der Waals surface area contributed by atoms with Gasteiger partial charge in [0.05, 0.1) is 23.5 Å². The lowest BCUT2D eigenvalue weighted by molar-refractivity contribution is 0.102. The number of amides is 1. The molecule has 1 aliphatic carbocycles. The van der Waals surface area contributed by atoms with Gasteiger partial charge in [0.15, 0.2) is 0 Å². The van der Waals surface area contributed by atoms with Crippen molar-refractivity contribution in [3.8, 4) is 5.75 Å². The van der Waals surface area contributed by atoms with Gasteiger partial charge in [-0.3, -0.25) is 4.79 Å². The first-order valence-corrected chi connectivity index (χ1v) is 14.4. The zero-order chi connectivity index (χ0) is 26.5. The second-order valence-corrected chi connectivity index (χ2v) is 11.3. The molecule has 5 rings (SSSR count). The van der Waals surface area contributed by atoms with Crippen LogP contribution in [0.4, 0.5) is 31.5 Å². The molecule has 1 amide bonds. The van der Waals surface area contributed by atoms with Gasteiger partial charge in [0, 0.05) is 43.3 Å². The largest absolute Gasteiger partial charge is 0.461 e. The molecule has 2 saturated heterocycles. The van der Waals surface area contributed by atoms with E-state index < -0.39 is 13.0 Å². The van der Waals surface area contributed by atoms with Gasteiger partial charge >= 0.3 is 0 Å². The third kappa shape index (κ3) is 6.29. The van der Waals surface area contributed by atoms with Gasteiger partial charge in [0.25, 0.3) is 5.91 Å². The molecule has 0 atom stereocenters. The maximum atomic E-state index is 13.7. The highest BCUT2D eigenvalue weighted by Gasteiger charge is 2.44. The third-order valence-electron chi connectivity index (χ3n) is 7.94. The SMILES string of the molecule is O=C(Nc1ccc(OCF)c(N2CCC(F)CC2)c1)c1ccc(NSCCO)cc1N1CCC2(CC1)CC2. The molecule has 2 heterocycles. The van der Waals surface area contributed by atoms with E-state index in [9.17, 15) is 13.6 Å². The van der Waals surface area contributed by atoms with Gasteiger partial charge in [0.1, 0.15) is 11.9 Å². The smallest absolute Gasteiger partial charge is 0.257 e. The number of rotatable bonds is 10. The number of carbonyl (C=O) groups excluding carboxylic acids is 1. The lowest BCUT2D eigenvalue weighted by Gasteiger charge is -2.35. The number of hydrogen-bond donors (Lipinski definition) is 3. The topological polar surface area (TPSA) is 77.1 Å². The van der Waals surface area contributed by atoms with E-state index >= 15 is 0 Å². The summed E-state index contributed by atoms with van der Waals surface area (Å²) in [6.45, 7) is 1.96. The molecular weight excluding hydrogens is 510 g/mol. The van der Waals surface area contributed by atoms with E-state index in [1.165, 1.54) is 24.8 Å². The third-order valence-corrected chi connectivity index (χ3v) is 8.71.